The summed E-state index contributed by atoms with van der Waals surface area (Å²) in [5, 5.41) is 0. The highest BCUT2D eigenvalue weighted by atomic mass is 32.2. The molecule has 0 aliphatic carbocycles. The lowest BCUT2D eigenvalue weighted by molar-refractivity contribution is 0.0933. The molecule has 2 heterocycles. The minimum absolute atomic E-state index is 0.0944. The number of aryl methyl sites for hydroxylation is 3. The summed E-state index contributed by atoms with van der Waals surface area (Å²) in [7, 11) is -1.87. The molecule has 0 atom stereocenters. The number of ether oxygens (including phenoxy) is 1. The van der Waals surface area contributed by atoms with Gasteiger partial charge >= 0.3 is 6.09 Å². The van der Waals surface area contributed by atoms with Crippen LogP contribution in [0.3, 0.4) is 0 Å². The highest BCUT2D eigenvalue weighted by Crippen LogP contribution is 2.22. The van der Waals surface area contributed by atoms with Gasteiger partial charge in [0.25, 0.3) is 5.91 Å². The molecular weight excluding hydrogens is 488 g/mol. The molecule has 0 bridgehead atoms. The first-order valence-corrected chi connectivity index (χ1v) is 13.5. The molecule has 11 heteroatoms. The number of piperazine rings is 1. The Morgan fingerprint density at radius 1 is 1.03 bits per heavy atom. The second-order valence-corrected chi connectivity index (χ2v) is 11.3. The Kier molecular flexibility index (Phi) is 7.11. The van der Waals surface area contributed by atoms with Gasteiger partial charge in [0.15, 0.2) is 4.80 Å². The van der Waals surface area contributed by atoms with Gasteiger partial charge in [0.05, 0.1) is 21.7 Å². The number of rotatable bonds is 4. The molecule has 35 heavy (non-hydrogen) atoms. The molecule has 0 N–H and O–H groups in total. The quantitative estimate of drug-likeness (QED) is 0.531. The van der Waals surface area contributed by atoms with Gasteiger partial charge < -0.3 is 14.2 Å². The predicted molar refractivity (Wildman–Crippen MR) is 134 cm³/mol. The SMILES string of the molecule is CCOC(=O)N1CCN(S(=O)(=O)c2ccc(C(=O)N=c3sc4cc(C)c(C)cc4n3C)cc2)CC1. The number of carbonyl (C=O) groups excluding carboxylic acids is 2. The third-order valence-electron chi connectivity index (χ3n) is 6.13. The van der Waals surface area contributed by atoms with Crippen molar-refractivity contribution >= 4 is 43.6 Å². The number of fused-ring (bicyclic) bond motifs is 1. The number of sulfonamides is 1. The van der Waals surface area contributed by atoms with Crippen LogP contribution in [-0.2, 0) is 21.8 Å². The minimum atomic E-state index is -3.75. The van der Waals surface area contributed by atoms with Crippen molar-refractivity contribution in [2.24, 2.45) is 12.0 Å². The summed E-state index contributed by atoms with van der Waals surface area (Å²) in [6, 6.07) is 9.98. The van der Waals surface area contributed by atoms with E-state index < -0.39 is 22.0 Å². The molecule has 1 aromatic heterocycles. The van der Waals surface area contributed by atoms with Gasteiger partial charge in [-0.2, -0.15) is 9.30 Å². The molecule has 3 aromatic rings. The van der Waals surface area contributed by atoms with Crippen molar-refractivity contribution in [2.75, 3.05) is 32.8 Å². The summed E-state index contributed by atoms with van der Waals surface area (Å²) in [5.41, 5.74) is 3.66. The molecule has 0 spiro atoms. The zero-order valence-electron chi connectivity index (χ0n) is 20.1. The van der Waals surface area contributed by atoms with Crippen LogP contribution in [0.4, 0.5) is 4.79 Å². The van der Waals surface area contributed by atoms with Gasteiger partial charge in [-0.15, -0.1) is 0 Å². The second-order valence-electron chi connectivity index (χ2n) is 8.38. The van der Waals surface area contributed by atoms with Crippen molar-refractivity contribution in [2.45, 2.75) is 25.7 Å². The molecule has 0 radical (unpaired) electrons. The highest BCUT2D eigenvalue weighted by molar-refractivity contribution is 7.89. The van der Waals surface area contributed by atoms with E-state index in [2.05, 4.69) is 17.1 Å². The molecule has 186 valence electrons. The predicted octanol–water partition coefficient (Wildman–Crippen LogP) is 3.06. The Morgan fingerprint density at radius 2 is 1.66 bits per heavy atom. The van der Waals surface area contributed by atoms with Crippen molar-refractivity contribution in [3.8, 4) is 0 Å². The van der Waals surface area contributed by atoms with Gasteiger partial charge in [-0.05, 0) is 68.3 Å². The normalized spacial score (nSPS) is 15.5. The molecule has 2 amide bonds. The Bertz CT molecular complexity index is 1450. The second kappa shape index (κ2) is 9.92. The van der Waals surface area contributed by atoms with Crippen LogP contribution < -0.4 is 4.80 Å². The molecule has 0 saturated carbocycles. The van der Waals surface area contributed by atoms with Gasteiger partial charge in [-0.1, -0.05) is 11.3 Å². The number of hydrogen-bond acceptors (Lipinski definition) is 6. The monoisotopic (exact) mass is 516 g/mol. The molecule has 1 aliphatic heterocycles. The van der Waals surface area contributed by atoms with E-state index in [4.69, 9.17) is 4.74 Å². The average molecular weight is 517 g/mol. The molecule has 1 saturated heterocycles. The molecule has 1 aliphatic rings. The number of aromatic nitrogens is 1. The zero-order valence-corrected chi connectivity index (χ0v) is 21.8. The zero-order chi connectivity index (χ0) is 25.3. The van der Waals surface area contributed by atoms with E-state index in [-0.39, 0.29) is 37.7 Å². The third-order valence-corrected chi connectivity index (χ3v) is 9.13. The lowest BCUT2D eigenvalue weighted by atomic mass is 10.1. The summed E-state index contributed by atoms with van der Waals surface area (Å²) in [4.78, 5) is 31.1. The first-order chi connectivity index (χ1) is 16.6. The first-order valence-electron chi connectivity index (χ1n) is 11.3. The Balaban J connectivity index is 1.51. The maximum Gasteiger partial charge on any atom is 0.409 e. The molecular formula is C24H28N4O5S2. The van der Waals surface area contributed by atoms with Crippen molar-refractivity contribution in [1.82, 2.24) is 13.8 Å². The molecule has 1 fully saturated rings. The molecule has 0 unspecified atom stereocenters. The Labute approximate surface area is 208 Å². The van der Waals surface area contributed by atoms with Crippen LogP contribution in [0.1, 0.15) is 28.4 Å². The summed E-state index contributed by atoms with van der Waals surface area (Å²) >= 11 is 1.44. The Morgan fingerprint density at radius 3 is 2.29 bits per heavy atom. The van der Waals surface area contributed by atoms with Crippen LogP contribution in [-0.4, -0.2) is 67.0 Å². The van der Waals surface area contributed by atoms with Crippen LogP contribution in [0.25, 0.3) is 10.2 Å². The molecule has 2 aromatic carbocycles. The van der Waals surface area contributed by atoms with E-state index >= 15 is 0 Å². The Hall–Kier alpha value is -3.02. The van der Waals surface area contributed by atoms with Gasteiger partial charge in [0.2, 0.25) is 10.0 Å². The summed E-state index contributed by atoms with van der Waals surface area (Å²) in [6.45, 7) is 6.98. The van der Waals surface area contributed by atoms with Gasteiger partial charge in [0, 0.05) is 38.8 Å². The van der Waals surface area contributed by atoms with Crippen LogP contribution in [0.15, 0.2) is 46.3 Å². The summed E-state index contributed by atoms with van der Waals surface area (Å²) in [5.74, 6) is -0.437. The van der Waals surface area contributed by atoms with Gasteiger partial charge in [0.1, 0.15) is 0 Å². The minimum Gasteiger partial charge on any atom is -0.450 e. The van der Waals surface area contributed by atoms with E-state index in [0.717, 1.165) is 10.2 Å². The fourth-order valence-corrected chi connectivity index (χ4v) is 6.40. The largest absolute Gasteiger partial charge is 0.450 e. The number of hydrogen-bond donors (Lipinski definition) is 0. The van der Waals surface area contributed by atoms with Crippen molar-refractivity contribution in [3.63, 3.8) is 0 Å². The van der Waals surface area contributed by atoms with E-state index in [9.17, 15) is 18.0 Å². The van der Waals surface area contributed by atoms with E-state index in [1.807, 2.05) is 25.5 Å². The fraction of sp³-hybridized carbons (Fsp3) is 0.375. The number of carbonyl (C=O) groups is 2. The average Bonchev–Trinajstić information content (AvgIpc) is 3.13. The van der Waals surface area contributed by atoms with E-state index in [1.54, 1.807) is 6.92 Å². The molecule has 9 nitrogen and oxygen atoms in total. The van der Waals surface area contributed by atoms with E-state index in [1.165, 1.54) is 55.9 Å². The van der Waals surface area contributed by atoms with Crippen molar-refractivity contribution < 1.29 is 22.7 Å². The molecule has 4 rings (SSSR count). The van der Waals surface area contributed by atoms with Gasteiger partial charge in [-0.3, -0.25) is 4.79 Å². The summed E-state index contributed by atoms with van der Waals surface area (Å²) < 4.78 is 35.3. The van der Waals surface area contributed by atoms with Crippen LogP contribution >= 0.6 is 11.3 Å². The van der Waals surface area contributed by atoms with Crippen molar-refractivity contribution in [1.29, 1.82) is 0 Å². The van der Waals surface area contributed by atoms with Crippen LogP contribution in [0.5, 0.6) is 0 Å². The fourth-order valence-electron chi connectivity index (χ4n) is 3.88. The number of thiazole rings is 1. The van der Waals surface area contributed by atoms with Gasteiger partial charge in [-0.25, -0.2) is 13.2 Å². The maximum atomic E-state index is 13.0. The van der Waals surface area contributed by atoms with Crippen molar-refractivity contribution in [3.05, 3.63) is 57.9 Å². The van der Waals surface area contributed by atoms with E-state index in [0.29, 0.717) is 10.4 Å². The maximum absolute atomic E-state index is 13.0. The highest BCUT2D eigenvalue weighted by Gasteiger charge is 2.30. The third kappa shape index (κ3) is 5.02. The first kappa shape index (κ1) is 25.1. The van der Waals surface area contributed by atoms with Crippen LogP contribution in [0, 0.1) is 13.8 Å². The van der Waals surface area contributed by atoms with Crippen LogP contribution in [0.2, 0.25) is 0 Å². The topological polar surface area (TPSA) is 101 Å². The smallest absolute Gasteiger partial charge is 0.409 e. The number of amides is 2. The standard InChI is InChI=1S/C24H28N4O5S2/c1-5-33-24(30)27-10-12-28(13-11-27)35(31,32)19-8-6-18(7-9-19)22(29)25-23-26(4)20-14-16(2)17(3)15-21(20)34-23/h6-9,14-15H,5,10-13H2,1-4H3. The summed E-state index contributed by atoms with van der Waals surface area (Å²) in [6.07, 6.45) is -0.437. The number of nitrogens with zero attached hydrogens (tertiary/aromatic N) is 4. The number of benzene rings is 2. The lowest BCUT2D eigenvalue weighted by Gasteiger charge is -2.33. The lowest BCUT2D eigenvalue weighted by Crippen LogP contribution is -2.50.